The molecule has 1 saturated heterocycles. The molecule has 1 aliphatic heterocycles. The third kappa shape index (κ3) is 3.28. The van der Waals surface area contributed by atoms with E-state index in [4.69, 9.17) is 0 Å². The third-order valence-electron chi connectivity index (χ3n) is 4.05. The molecule has 1 N–H and O–H groups in total. The Labute approximate surface area is 120 Å². The maximum atomic E-state index is 11.6. The van der Waals surface area contributed by atoms with E-state index >= 15 is 0 Å². The Morgan fingerprint density at radius 2 is 2.05 bits per heavy atom. The van der Waals surface area contributed by atoms with Crippen molar-refractivity contribution in [1.82, 2.24) is 15.2 Å². The van der Waals surface area contributed by atoms with Gasteiger partial charge in [-0.25, -0.2) is 4.98 Å². The zero-order valence-electron chi connectivity index (χ0n) is 12.0. The van der Waals surface area contributed by atoms with Gasteiger partial charge in [0.15, 0.2) is 0 Å². The molecule has 0 spiro atoms. The van der Waals surface area contributed by atoms with Gasteiger partial charge in [0.05, 0.1) is 0 Å². The van der Waals surface area contributed by atoms with Crippen molar-refractivity contribution in [3.05, 3.63) is 23.9 Å². The van der Waals surface area contributed by atoms with Crippen LogP contribution in [-0.2, 0) is 11.3 Å². The van der Waals surface area contributed by atoms with Crippen LogP contribution in [0.3, 0.4) is 0 Å². The molecule has 0 bridgehead atoms. The maximum Gasteiger partial charge on any atom is 0.223 e. The first-order chi connectivity index (χ1) is 9.72. The molecule has 0 unspecified atom stereocenters. The number of piperazine rings is 1. The zero-order valence-corrected chi connectivity index (χ0v) is 12.0. The Hall–Kier alpha value is -1.62. The van der Waals surface area contributed by atoms with Crippen LogP contribution in [0.25, 0.3) is 0 Å². The van der Waals surface area contributed by atoms with Crippen LogP contribution in [0.5, 0.6) is 0 Å². The van der Waals surface area contributed by atoms with Crippen molar-refractivity contribution in [2.45, 2.75) is 19.4 Å². The number of nitrogens with zero attached hydrogens (tertiary/aromatic N) is 3. The molecule has 5 nitrogen and oxygen atoms in total. The number of carbonyl (C=O) groups excluding carboxylic acids is 1. The summed E-state index contributed by atoms with van der Waals surface area (Å²) in [6, 6.07) is 4.12. The quantitative estimate of drug-likeness (QED) is 0.885. The highest BCUT2D eigenvalue weighted by molar-refractivity contribution is 5.80. The van der Waals surface area contributed by atoms with Gasteiger partial charge < -0.3 is 15.1 Å². The maximum absolute atomic E-state index is 11.6. The molecule has 1 saturated carbocycles. The molecule has 1 aliphatic carbocycles. The van der Waals surface area contributed by atoms with E-state index in [0.29, 0.717) is 6.54 Å². The third-order valence-corrected chi connectivity index (χ3v) is 4.05. The van der Waals surface area contributed by atoms with Crippen LogP contribution in [0.2, 0.25) is 0 Å². The summed E-state index contributed by atoms with van der Waals surface area (Å²) in [6.07, 6.45) is 3.97. The van der Waals surface area contributed by atoms with Crippen molar-refractivity contribution in [2.24, 2.45) is 5.92 Å². The number of amides is 1. The standard InChI is InChI=1S/C15H22N4O/c1-18-6-8-19(9-7-18)14-5-2-12(10-16-14)11-17-15(20)13-3-4-13/h2,5,10,13H,3-4,6-9,11H2,1H3,(H,17,20). The molecule has 2 aliphatic rings. The predicted molar refractivity (Wildman–Crippen MR) is 78.5 cm³/mol. The lowest BCUT2D eigenvalue weighted by molar-refractivity contribution is -0.122. The van der Waals surface area contributed by atoms with Gasteiger partial charge in [-0.15, -0.1) is 0 Å². The van der Waals surface area contributed by atoms with E-state index in [1.807, 2.05) is 6.20 Å². The van der Waals surface area contributed by atoms with Crippen LogP contribution < -0.4 is 10.2 Å². The monoisotopic (exact) mass is 274 g/mol. The number of carbonyl (C=O) groups is 1. The van der Waals surface area contributed by atoms with Crippen LogP contribution >= 0.6 is 0 Å². The minimum Gasteiger partial charge on any atom is -0.354 e. The number of rotatable bonds is 4. The Kier molecular flexibility index (Phi) is 3.87. The van der Waals surface area contributed by atoms with Gasteiger partial charge in [-0.1, -0.05) is 6.07 Å². The molecule has 0 atom stereocenters. The summed E-state index contributed by atoms with van der Waals surface area (Å²) >= 11 is 0. The van der Waals surface area contributed by atoms with Crippen molar-refractivity contribution in [3.63, 3.8) is 0 Å². The number of anilines is 1. The molecule has 2 fully saturated rings. The van der Waals surface area contributed by atoms with Crippen molar-refractivity contribution < 1.29 is 4.79 Å². The van der Waals surface area contributed by atoms with E-state index in [-0.39, 0.29) is 11.8 Å². The summed E-state index contributed by atoms with van der Waals surface area (Å²) in [5.41, 5.74) is 1.07. The van der Waals surface area contributed by atoms with Gasteiger partial charge in [0.1, 0.15) is 5.82 Å². The van der Waals surface area contributed by atoms with Crippen molar-refractivity contribution >= 4 is 11.7 Å². The molecule has 20 heavy (non-hydrogen) atoms. The zero-order chi connectivity index (χ0) is 13.9. The largest absolute Gasteiger partial charge is 0.354 e. The Balaban J connectivity index is 1.52. The number of nitrogens with one attached hydrogen (secondary N) is 1. The topological polar surface area (TPSA) is 48.5 Å². The molecule has 0 aromatic carbocycles. The highest BCUT2D eigenvalue weighted by Crippen LogP contribution is 2.28. The van der Waals surface area contributed by atoms with Gasteiger partial charge in [0.2, 0.25) is 5.91 Å². The highest BCUT2D eigenvalue weighted by atomic mass is 16.2. The SMILES string of the molecule is CN1CCN(c2ccc(CNC(=O)C3CC3)cn2)CC1. The van der Waals surface area contributed by atoms with Gasteiger partial charge >= 0.3 is 0 Å². The molecule has 5 heteroatoms. The fraction of sp³-hybridized carbons (Fsp3) is 0.600. The molecule has 0 radical (unpaired) electrons. The highest BCUT2D eigenvalue weighted by Gasteiger charge is 2.29. The van der Waals surface area contributed by atoms with Crippen molar-refractivity contribution in [2.75, 3.05) is 38.1 Å². The first kappa shape index (κ1) is 13.4. The lowest BCUT2D eigenvalue weighted by atomic mass is 10.2. The molecule has 108 valence electrons. The summed E-state index contributed by atoms with van der Waals surface area (Å²) in [5.74, 6) is 1.50. The second-order valence-electron chi connectivity index (χ2n) is 5.81. The van der Waals surface area contributed by atoms with Crippen LogP contribution in [0.1, 0.15) is 18.4 Å². The Morgan fingerprint density at radius 3 is 2.65 bits per heavy atom. The molecule has 3 rings (SSSR count). The molecular weight excluding hydrogens is 252 g/mol. The fourth-order valence-electron chi connectivity index (χ4n) is 2.42. The van der Waals surface area contributed by atoms with Crippen LogP contribution in [0.4, 0.5) is 5.82 Å². The number of hydrogen-bond acceptors (Lipinski definition) is 4. The summed E-state index contributed by atoms with van der Waals surface area (Å²) in [5, 5.41) is 2.97. The lowest BCUT2D eigenvalue weighted by Gasteiger charge is -2.33. The Bertz CT molecular complexity index is 461. The fourth-order valence-corrected chi connectivity index (χ4v) is 2.42. The van der Waals surface area contributed by atoms with E-state index in [2.05, 4.69) is 39.3 Å². The van der Waals surface area contributed by atoms with E-state index in [0.717, 1.165) is 50.4 Å². The van der Waals surface area contributed by atoms with E-state index in [1.165, 1.54) is 0 Å². The van der Waals surface area contributed by atoms with Gasteiger partial charge in [0, 0.05) is 44.8 Å². The average molecular weight is 274 g/mol. The molecule has 2 heterocycles. The van der Waals surface area contributed by atoms with Gasteiger partial charge in [-0.2, -0.15) is 0 Å². The summed E-state index contributed by atoms with van der Waals surface area (Å²) in [6.45, 7) is 4.82. The second-order valence-corrected chi connectivity index (χ2v) is 5.81. The van der Waals surface area contributed by atoms with Crippen LogP contribution in [-0.4, -0.2) is 49.0 Å². The van der Waals surface area contributed by atoms with Crippen molar-refractivity contribution in [3.8, 4) is 0 Å². The van der Waals surface area contributed by atoms with Gasteiger partial charge in [-0.3, -0.25) is 4.79 Å². The summed E-state index contributed by atoms with van der Waals surface area (Å²) in [7, 11) is 2.15. The smallest absolute Gasteiger partial charge is 0.223 e. The summed E-state index contributed by atoms with van der Waals surface area (Å²) in [4.78, 5) is 20.7. The minimum atomic E-state index is 0.188. The first-order valence-corrected chi connectivity index (χ1v) is 7.38. The predicted octanol–water partition coefficient (Wildman–Crippen LogP) is 0.860. The van der Waals surface area contributed by atoms with Gasteiger partial charge in [-0.05, 0) is 31.5 Å². The average Bonchev–Trinajstić information content (AvgIpc) is 3.31. The number of pyridine rings is 1. The lowest BCUT2D eigenvalue weighted by Crippen LogP contribution is -2.44. The molecule has 1 amide bonds. The van der Waals surface area contributed by atoms with E-state index in [1.54, 1.807) is 0 Å². The van der Waals surface area contributed by atoms with E-state index in [9.17, 15) is 4.79 Å². The molecule has 1 aromatic heterocycles. The second kappa shape index (κ2) is 5.79. The molecule has 1 aromatic rings. The minimum absolute atomic E-state index is 0.188. The summed E-state index contributed by atoms with van der Waals surface area (Å²) < 4.78 is 0. The first-order valence-electron chi connectivity index (χ1n) is 7.38. The molecular formula is C15H22N4O. The van der Waals surface area contributed by atoms with Gasteiger partial charge in [0.25, 0.3) is 0 Å². The number of likely N-dealkylation sites (N-methyl/N-ethyl adjacent to an activating group) is 1. The number of aromatic nitrogens is 1. The normalized spacial score (nSPS) is 19.9. The van der Waals surface area contributed by atoms with Crippen LogP contribution in [0, 0.1) is 5.92 Å². The van der Waals surface area contributed by atoms with E-state index < -0.39 is 0 Å². The van der Waals surface area contributed by atoms with Crippen LogP contribution in [0.15, 0.2) is 18.3 Å². The number of hydrogen-bond donors (Lipinski definition) is 1. The Morgan fingerprint density at radius 1 is 1.30 bits per heavy atom. The van der Waals surface area contributed by atoms with Crippen molar-refractivity contribution in [1.29, 1.82) is 0 Å².